The van der Waals surface area contributed by atoms with Crippen molar-refractivity contribution in [2.75, 3.05) is 6.61 Å². The summed E-state index contributed by atoms with van der Waals surface area (Å²) in [5.74, 6) is 1.15. The van der Waals surface area contributed by atoms with Gasteiger partial charge < -0.3 is 5.11 Å². The van der Waals surface area contributed by atoms with E-state index in [-0.39, 0.29) is 0 Å². The second-order valence-corrected chi connectivity index (χ2v) is 4.29. The van der Waals surface area contributed by atoms with Crippen molar-refractivity contribution in [1.29, 1.82) is 0 Å². The van der Waals surface area contributed by atoms with Crippen LogP contribution in [0.5, 0.6) is 0 Å². The third-order valence-corrected chi connectivity index (χ3v) is 2.34. The lowest BCUT2D eigenvalue weighted by Crippen LogP contribution is -2.07. The molecule has 0 unspecified atom stereocenters. The Morgan fingerprint density at radius 3 is 2.38 bits per heavy atom. The summed E-state index contributed by atoms with van der Waals surface area (Å²) in [5.41, 5.74) is 1.49. The SMILES string of the molecule is CC/C=C(\C)C[C@H](C)C[C@H](C)CO. The highest BCUT2D eigenvalue weighted by Crippen LogP contribution is 2.19. The van der Waals surface area contributed by atoms with Crippen molar-refractivity contribution >= 4 is 0 Å². The molecule has 0 spiro atoms. The van der Waals surface area contributed by atoms with Crippen molar-refractivity contribution in [3.63, 3.8) is 0 Å². The molecule has 0 heterocycles. The van der Waals surface area contributed by atoms with Gasteiger partial charge in [0.2, 0.25) is 0 Å². The van der Waals surface area contributed by atoms with E-state index in [1.54, 1.807) is 0 Å². The van der Waals surface area contributed by atoms with Crippen LogP contribution in [0.1, 0.15) is 47.0 Å². The van der Waals surface area contributed by atoms with Gasteiger partial charge in [-0.25, -0.2) is 0 Å². The molecule has 78 valence electrons. The quantitative estimate of drug-likeness (QED) is 0.627. The molecule has 0 aliphatic heterocycles. The molecule has 0 aromatic heterocycles. The minimum Gasteiger partial charge on any atom is -0.396 e. The summed E-state index contributed by atoms with van der Waals surface area (Å²) in [6, 6.07) is 0. The fourth-order valence-electron chi connectivity index (χ4n) is 1.83. The predicted octanol–water partition coefficient (Wildman–Crippen LogP) is 3.39. The van der Waals surface area contributed by atoms with Gasteiger partial charge in [0.15, 0.2) is 0 Å². The molecular weight excluding hydrogens is 160 g/mol. The van der Waals surface area contributed by atoms with Crippen LogP contribution in [-0.2, 0) is 0 Å². The summed E-state index contributed by atoms with van der Waals surface area (Å²) < 4.78 is 0. The molecule has 0 aromatic rings. The van der Waals surface area contributed by atoms with Gasteiger partial charge in [0, 0.05) is 6.61 Å². The molecule has 2 atom stereocenters. The number of hydrogen-bond acceptors (Lipinski definition) is 1. The Morgan fingerprint density at radius 1 is 1.31 bits per heavy atom. The van der Waals surface area contributed by atoms with E-state index in [1.807, 2.05) is 0 Å². The largest absolute Gasteiger partial charge is 0.396 e. The molecule has 1 heteroatoms. The van der Waals surface area contributed by atoms with Gasteiger partial charge in [0.05, 0.1) is 0 Å². The van der Waals surface area contributed by atoms with Gasteiger partial charge in [0.25, 0.3) is 0 Å². The van der Waals surface area contributed by atoms with E-state index in [2.05, 4.69) is 33.8 Å². The summed E-state index contributed by atoms with van der Waals surface area (Å²) >= 11 is 0. The summed E-state index contributed by atoms with van der Waals surface area (Å²) in [6.07, 6.45) is 5.73. The van der Waals surface area contributed by atoms with Crippen molar-refractivity contribution in [2.45, 2.75) is 47.0 Å². The molecule has 0 radical (unpaired) electrons. The molecule has 0 aromatic carbocycles. The summed E-state index contributed by atoms with van der Waals surface area (Å²) in [6.45, 7) is 9.06. The Balaban J connectivity index is 3.73. The van der Waals surface area contributed by atoms with Crippen LogP contribution < -0.4 is 0 Å². The Labute approximate surface area is 82.9 Å². The molecule has 1 N–H and O–H groups in total. The maximum absolute atomic E-state index is 8.91. The molecule has 0 bridgehead atoms. The lowest BCUT2D eigenvalue weighted by Gasteiger charge is -2.15. The van der Waals surface area contributed by atoms with Gasteiger partial charge in [-0.2, -0.15) is 0 Å². The van der Waals surface area contributed by atoms with E-state index in [9.17, 15) is 0 Å². The first kappa shape index (κ1) is 12.7. The lowest BCUT2D eigenvalue weighted by molar-refractivity contribution is 0.215. The van der Waals surface area contributed by atoms with Crippen molar-refractivity contribution in [2.24, 2.45) is 11.8 Å². The van der Waals surface area contributed by atoms with Crippen LogP contribution in [0.3, 0.4) is 0 Å². The summed E-state index contributed by atoms with van der Waals surface area (Å²) in [4.78, 5) is 0. The second kappa shape index (κ2) is 7.14. The zero-order chi connectivity index (χ0) is 10.3. The van der Waals surface area contributed by atoms with Crippen LogP contribution in [-0.4, -0.2) is 11.7 Å². The van der Waals surface area contributed by atoms with E-state index in [0.29, 0.717) is 18.4 Å². The fourth-order valence-corrected chi connectivity index (χ4v) is 1.83. The van der Waals surface area contributed by atoms with Crippen LogP contribution in [0.25, 0.3) is 0 Å². The Kier molecular flexibility index (Phi) is 6.97. The number of rotatable bonds is 6. The number of allylic oxidation sites excluding steroid dienone is 2. The van der Waals surface area contributed by atoms with Gasteiger partial charge in [-0.15, -0.1) is 0 Å². The van der Waals surface area contributed by atoms with Crippen LogP contribution in [0.4, 0.5) is 0 Å². The molecule has 0 fully saturated rings. The zero-order valence-corrected chi connectivity index (χ0v) is 9.51. The van der Waals surface area contributed by atoms with E-state index in [4.69, 9.17) is 5.11 Å². The van der Waals surface area contributed by atoms with Crippen molar-refractivity contribution in [1.82, 2.24) is 0 Å². The first-order valence-electron chi connectivity index (χ1n) is 5.36. The van der Waals surface area contributed by atoms with Crippen LogP contribution in [0.15, 0.2) is 11.6 Å². The van der Waals surface area contributed by atoms with E-state index in [0.717, 1.165) is 12.8 Å². The van der Waals surface area contributed by atoms with Crippen molar-refractivity contribution in [3.05, 3.63) is 11.6 Å². The molecule has 1 nitrogen and oxygen atoms in total. The smallest absolute Gasteiger partial charge is 0.0456 e. The van der Waals surface area contributed by atoms with Crippen LogP contribution in [0.2, 0.25) is 0 Å². The number of aliphatic hydroxyl groups excluding tert-OH is 1. The molecule has 0 aliphatic carbocycles. The van der Waals surface area contributed by atoms with Gasteiger partial charge in [-0.1, -0.05) is 32.4 Å². The minimum atomic E-state index is 0.320. The average Bonchev–Trinajstić information content (AvgIpc) is 2.04. The predicted molar refractivity (Wildman–Crippen MR) is 58.7 cm³/mol. The number of aliphatic hydroxyl groups is 1. The monoisotopic (exact) mass is 184 g/mol. The van der Waals surface area contributed by atoms with Crippen molar-refractivity contribution < 1.29 is 5.11 Å². The van der Waals surface area contributed by atoms with E-state index < -0.39 is 0 Å². The Morgan fingerprint density at radius 2 is 1.92 bits per heavy atom. The standard InChI is InChI=1S/C12H24O/c1-5-6-10(2)7-11(3)8-12(4)9-13/h6,11-13H,5,7-9H2,1-4H3/b10-6+/t11-,12-/m0/s1. The Bertz CT molecular complexity index is 149. The van der Waals surface area contributed by atoms with E-state index in [1.165, 1.54) is 12.0 Å². The van der Waals surface area contributed by atoms with Crippen LogP contribution in [0, 0.1) is 11.8 Å². The molecule has 0 saturated heterocycles. The lowest BCUT2D eigenvalue weighted by atomic mass is 9.92. The van der Waals surface area contributed by atoms with Crippen molar-refractivity contribution in [3.8, 4) is 0 Å². The zero-order valence-electron chi connectivity index (χ0n) is 9.51. The third kappa shape index (κ3) is 6.83. The molecule has 0 amide bonds. The highest BCUT2D eigenvalue weighted by molar-refractivity contribution is 4.98. The topological polar surface area (TPSA) is 20.2 Å². The first-order chi connectivity index (χ1) is 6.10. The molecule has 0 saturated carbocycles. The molecule has 13 heavy (non-hydrogen) atoms. The highest BCUT2D eigenvalue weighted by atomic mass is 16.3. The maximum Gasteiger partial charge on any atom is 0.0456 e. The first-order valence-corrected chi connectivity index (χ1v) is 5.36. The minimum absolute atomic E-state index is 0.320. The Hall–Kier alpha value is -0.300. The highest BCUT2D eigenvalue weighted by Gasteiger charge is 2.07. The fraction of sp³-hybridized carbons (Fsp3) is 0.833. The average molecular weight is 184 g/mol. The normalized spacial score (nSPS) is 17.2. The third-order valence-electron chi connectivity index (χ3n) is 2.34. The van der Waals surface area contributed by atoms with Gasteiger partial charge >= 0.3 is 0 Å². The maximum atomic E-state index is 8.91. The van der Waals surface area contributed by atoms with E-state index >= 15 is 0 Å². The molecule has 0 aliphatic rings. The van der Waals surface area contributed by atoms with Gasteiger partial charge in [0.1, 0.15) is 0 Å². The van der Waals surface area contributed by atoms with Gasteiger partial charge in [-0.3, -0.25) is 0 Å². The van der Waals surface area contributed by atoms with Gasteiger partial charge in [-0.05, 0) is 38.0 Å². The molecular formula is C12H24O. The van der Waals surface area contributed by atoms with Crippen LogP contribution >= 0.6 is 0 Å². The summed E-state index contributed by atoms with van der Waals surface area (Å²) in [5, 5.41) is 8.91. The second-order valence-electron chi connectivity index (χ2n) is 4.29. The molecule has 0 rings (SSSR count). The number of hydrogen-bond donors (Lipinski definition) is 1. The summed E-state index contributed by atoms with van der Waals surface area (Å²) in [7, 11) is 0.